The standard InChI is InChI=1S/C12H16FN3O/c13-12-9-4-1-3-8(15-9)7-10(12)17-11-5-2-6-14-16-11/h2,5-6,8-10,12,15H,1,3-4,7H2/t8-,9+,10-,12+/m1/s1. The fourth-order valence-corrected chi connectivity index (χ4v) is 2.78. The van der Waals surface area contributed by atoms with Crippen LogP contribution in [0.15, 0.2) is 18.3 Å². The second-order valence-electron chi connectivity index (χ2n) is 4.80. The molecule has 17 heavy (non-hydrogen) atoms. The molecule has 2 saturated heterocycles. The Bertz CT molecular complexity index is 375. The highest BCUT2D eigenvalue weighted by molar-refractivity contribution is 5.08. The molecular weight excluding hydrogens is 221 g/mol. The van der Waals surface area contributed by atoms with Crippen molar-refractivity contribution in [2.24, 2.45) is 0 Å². The highest BCUT2D eigenvalue weighted by atomic mass is 19.1. The van der Waals surface area contributed by atoms with Crippen LogP contribution in [0.1, 0.15) is 25.7 Å². The predicted octanol–water partition coefficient (Wildman–Crippen LogP) is 1.48. The molecule has 0 aromatic carbocycles. The minimum atomic E-state index is -0.950. The van der Waals surface area contributed by atoms with E-state index in [9.17, 15) is 4.39 Å². The lowest BCUT2D eigenvalue weighted by Crippen LogP contribution is -2.59. The highest BCUT2D eigenvalue weighted by Crippen LogP contribution is 2.30. The van der Waals surface area contributed by atoms with E-state index in [0.29, 0.717) is 18.3 Å². The summed E-state index contributed by atoms with van der Waals surface area (Å²) < 4.78 is 19.8. The van der Waals surface area contributed by atoms with Gasteiger partial charge >= 0.3 is 0 Å². The van der Waals surface area contributed by atoms with Crippen LogP contribution in [0.5, 0.6) is 5.88 Å². The Hall–Kier alpha value is -1.23. The molecule has 0 saturated carbocycles. The lowest BCUT2D eigenvalue weighted by Gasteiger charge is -2.42. The molecule has 5 heteroatoms. The van der Waals surface area contributed by atoms with Gasteiger partial charge in [-0.05, 0) is 18.9 Å². The molecule has 1 N–H and O–H groups in total. The molecule has 0 radical (unpaired) electrons. The van der Waals surface area contributed by atoms with Crippen LogP contribution in [-0.4, -0.2) is 34.6 Å². The van der Waals surface area contributed by atoms with E-state index in [2.05, 4.69) is 15.5 Å². The van der Waals surface area contributed by atoms with Crippen LogP contribution in [0.25, 0.3) is 0 Å². The normalized spacial score (nSPS) is 36.5. The largest absolute Gasteiger partial charge is 0.470 e. The zero-order valence-electron chi connectivity index (χ0n) is 9.55. The Morgan fingerprint density at radius 3 is 3.18 bits per heavy atom. The number of piperidine rings is 2. The number of hydrogen-bond donors (Lipinski definition) is 1. The van der Waals surface area contributed by atoms with E-state index in [0.717, 1.165) is 19.3 Å². The van der Waals surface area contributed by atoms with Crippen molar-refractivity contribution in [1.29, 1.82) is 0 Å². The molecule has 4 nitrogen and oxygen atoms in total. The summed E-state index contributed by atoms with van der Waals surface area (Å²) in [6, 6.07) is 3.81. The van der Waals surface area contributed by atoms with E-state index in [1.54, 1.807) is 18.3 Å². The number of ether oxygens (including phenoxy) is 1. The first-order chi connectivity index (χ1) is 8.33. The number of fused-ring (bicyclic) bond motifs is 2. The summed E-state index contributed by atoms with van der Waals surface area (Å²) in [5.41, 5.74) is 0. The molecule has 1 aromatic rings. The first-order valence-electron chi connectivity index (χ1n) is 6.17. The smallest absolute Gasteiger partial charge is 0.233 e. The van der Waals surface area contributed by atoms with Gasteiger partial charge in [0.05, 0.1) is 0 Å². The predicted molar refractivity (Wildman–Crippen MR) is 60.5 cm³/mol. The molecule has 2 bridgehead atoms. The van der Waals surface area contributed by atoms with Crippen molar-refractivity contribution < 1.29 is 9.13 Å². The highest BCUT2D eigenvalue weighted by Gasteiger charge is 2.41. The lowest BCUT2D eigenvalue weighted by molar-refractivity contribution is 0.00650. The van der Waals surface area contributed by atoms with Crippen LogP contribution in [0.4, 0.5) is 4.39 Å². The molecule has 0 amide bonds. The Balaban J connectivity index is 1.70. The number of rotatable bonds is 2. The van der Waals surface area contributed by atoms with E-state index >= 15 is 0 Å². The van der Waals surface area contributed by atoms with Crippen molar-refractivity contribution in [1.82, 2.24) is 15.5 Å². The summed E-state index contributed by atoms with van der Waals surface area (Å²) in [5, 5.41) is 10.9. The average Bonchev–Trinajstić information content (AvgIpc) is 2.37. The van der Waals surface area contributed by atoms with Gasteiger partial charge < -0.3 is 10.1 Å². The van der Waals surface area contributed by atoms with Crippen molar-refractivity contribution in [2.75, 3.05) is 0 Å². The van der Waals surface area contributed by atoms with E-state index < -0.39 is 6.17 Å². The molecule has 3 heterocycles. The summed E-state index contributed by atoms with van der Waals surface area (Å²) in [4.78, 5) is 0. The van der Waals surface area contributed by atoms with E-state index in [-0.39, 0.29) is 12.1 Å². The van der Waals surface area contributed by atoms with Gasteiger partial charge in [0.25, 0.3) is 0 Å². The number of aromatic nitrogens is 2. The molecule has 92 valence electrons. The van der Waals surface area contributed by atoms with Crippen LogP contribution < -0.4 is 10.1 Å². The monoisotopic (exact) mass is 237 g/mol. The van der Waals surface area contributed by atoms with E-state index in [1.165, 1.54) is 0 Å². The molecule has 3 rings (SSSR count). The first kappa shape index (κ1) is 10.9. The number of nitrogens with one attached hydrogen (secondary N) is 1. The minimum absolute atomic E-state index is 0.0517. The molecule has 2 aliphatic heterocycles. The average molecular weight is 237 g/mol. The second-order valence-corrected chi connectivity index (χ2v) is 4.80. The first-order valence-corrected chi connectivity index (χ1v) is 6.17. The molecular formula is C12H16FN3O. The molecule has 1 aromatic heterocycles. The molecule has 4 atom stereocenters. The number of halogens is 1. The van der Waals surface area contributed by atoms with E-state index in [1.807, 2.05) is 0 Å². The van der Waals surface area contributed by atoms with Crippen molar-refractivity contribution >= 4 is 0 Å². The van der Waals surface area contributed by atoms with Crippen LogP contribution in [0.2, 0.25) is 0 Å². The fourth-order valence-electron chi connectivity index (χ4n) is 2.78. The quantitative estimate of drug-likeness (QED) is 0.846. The third-order valence-corrected chi connectivity index (χ3v) is 3.59. The number of alkyl halides is 1. The van der Waals surface area contributed by atoms with Crippen LogP contribution >= 0.6 is 0 Å². The lowest BCUT2D eigenvalue weighted by atomic mass is 9.84. The molecule has 0 spiro atoms. The van der Waals surface area contributed by atoms with Gasteiger partial charge in [-0.15, -0.1) is 5.10 Å². The van der Waals surface area contributed by atoms with Gasteiger partial charge in [0, 0.05) is 30.8 Å². The van der Waals surface area contributed by atoms with Gasteiger partial charge in [-0.3, -0.25) is 0 Å². The van der Waals surface area contributed by atoms with Gasteiger partial charge in [-0.2, -0.15) is 5.10 Å². The molecule has 0 aliphatic carbocycles. The molecule has 0 unspecified atom stereocenters. The molecule has 2 fully saturated rings. The zero-order valence-corrected chi connectivity index (χ0v) is 9.55. The Morgan fingerprint density at radius 2 is 2.35 bits per heavy atom. The Morgan fingerprint density at radius 1 is 1.41 bits per heavy atom. The Labute approximate surface area is 99.6 Å². The SMILES string of the molecule is F[C@H]1[C@@H]2CCC[C@H](C[C@H]1Oc1cccnn1)N2. The number of hydrogen-bond acceptors (Lipinski definition) is 4. The third-order valence-electron chi connectivity index (χ3n) is 3.59. The van der Waals surface area contributed by atoms with Gasteiger partial charge in [-0.25, -0.2) is 4.39 Å². The maximum absolute atomic E-state index is 14.2. The van der Waals surface area contributed by atoms with Gasteiger partial charge in [0.15, 0.2) is 6.17 Å². The summed E-state index contributed by atoms with van der Waals surface area (Å²) in [6.45, 7) is 0. The van der Waals surface area contributed by atoms with Crippen LogP contribution in [0, 0.1) is 0 Å². The van der Waals surface area contributed by atoms with Gasteiger partial charge in [-0.1, -0.05) is 6.42 Å². The van der Waals surface area contributed by atoms with Gasteiger partial charge in [0.2, 0.25) is 5.88 Å². The summed E-state index contributed by atoms with van der Waals surface area (Å²) >= 11 is 0. The zero-order chi connectivity index (χ0) is 11.7. The maximum Gasteiger partial charge on any atom is 0.233 e. The maximum atomic E-state index is 14.2. The second kappa shape index (κ2) is 4.56. The van der Waals surface area contributed by atoms with Crippen molar-refractivity contribution in [2.45, 2.75) is 50.0 Å². The summed E-state index contributed by atoms with van der Waals surface area (Å²) in [5.74, 6) is 0.417. The summed E-state index contributed by atoms with van der Waals surface area (Å²) in [7, 11) is 0. The van der Waals surface area contributed by atoms with Crippen molar-refractivity contribution in [3.05, 3.63) is 18.3 Å². The van der Waals surface area contributed by atoms with Crippen LogP contribution in [0.3, 0.4) is 0 Å². The van der Waals surface area contributed by atoms with Crippen molar-refractivity contribution in [3.63, 3.8) is 0 Å². The van der Waals surface area contributed by atoms with Gasteiger partial charge in [0.1, 0.15) is 6.10 Å². The van der Waals surface area contributed by atoms with Crippen LogP contribution in [-0.2, 0) is 0 Å². The minimum Gasteiger partial charge on any atom is -0.470 e. The topological polar surface area (TPSA) is 47.0 Å². The summed E-state index contributed by atoms with van der Waals surface area (Å²) in [6.07, 6.45) is 4.09. The third kappa shape index (κ3) is 2.24. The fraction of sp³-hybridized carbons (Fsp3) is 0.667. The van der Waals surface area contributed by atoms with Crippen molar-refractivity contribution in [3.8, 4) is 5.88 Å². The number of nitrogens with zero attached hydrogens (tertiary/aromatic N) is 2. The Kier molecular flexibility index (Phi) is 2.93. The van der Waals surface area contributed by atoms with E-state index in [4.69, 9.17) is 4.74 Å². The molecule has 2 aliphatic rings.